The number of rotatable bonds is 6. The first-order chi connectivity index (χ1) is 14.6. The van der Waals surface area contributed by atoms with E-state index in [-0.39, 0.29) is 24.2 Å². The maximum atomic E-state index is 13.1. The molecule has 0 saturated heterocycles. The highest BCUT2D eigenvalue weighted by Gasteiger charge is 2.14. The number of urea groups is 1. The number of aryl methyl sites for hydroxylation is 1. The van der Waals surface area contributed by atoms with E-state index in [1.54, 1.807) is 36.4 Å². The maximum Gasteiger partial charge on any atom is 0.319 e. The number of anilines is 1. The van der Waals surface area contributed by atoms with Crippen molar-refractivity contribution in [3.05, 3.63) is 70.8 Å². The van der Waals surface area contributed by atoms with Gasteiger partial charge in [-0.3, -0.25) is 4.79 Å². The van der Waals surface area contributed by atoms with Gasteiger partial charge in [0.25, 0.3) is 5.56 Å². The molecule has 9 heteroatoms. The molecule has 0 radical (unpaired) electrons. The van der Waals surface area contributed by atoms with Crippen molar-refractivity contribution in [3.8, 4) is 22.8 Å². The number of ether oxygens (including phenoxy) is 2. The molecule has 1 aliphatic rings. The fourth-order valence-electron chi connectivity index (χ4n) is 2.96. The molecule has 0 saturated carbocycles. The summed E-state index contributed by atoms with van der Waals surface area (Å²) in [6.45, 7) is 0.851. The predicted molar refractivity (Wildman–Crippen MR) is 108 cm³/mol. The molecule has 2 heterocycles. The number of amides is 2. The van der Waals surface area contributed by atoms with E-state index >= 15 is 0 Å². The number of benzene rings is 2. The minimum absolute atomic E-state index is 0.167. The van der Waals surface area contributed by atoms with Gasteiger partial charge in [-0.1, -0.05) is 0 Å². The van der Waals surface area contributed by atoms with Gasteiger partial charge >= 0.3 is 6.03 Å². The molecule has 2 N–H and O–H groups in total. The molecular formula is C21H19FN4O4. The molecular weight excluding hydrogens is 391 g/mol. The summed E-state index contributed by atoms with van der Waals surface area (Å²) in [6.07, 6.45) is 0.508. The standard InChI is InChI=1S/C21H19FN4O4/c22-15-4-2-14(3-5-15)17-7-9-20(27)26(25-17)11-1-10-23-21(28)24-16-6-8-18-19(12-16)30-13-29-18/h2-9,12H,1,10-11,13H2,(H2,23,24,28). The SMILES string of the molecule is O=C(NCCCn1nc(-c2ccc(F)cc2)ccc1=O)Nc1ccc2c(c1)OCO2. The van der Waals surface area contributed by atoms with Crippen LogP contribution in [-0.4, -0.2) is 29.1 Å². The third kappa shape index (κ3) is 4.57. The van der Waals surface area contributed by atoms with Gasteiger partial charge in [0.05, 0.1) is 5.69 Å². The number of hydrogen-bond acceptors (Lipinski definition) is 5. The fraction of sp³-hybridized carbons (Fsp3) is 0.190. The first kappa shape index (κ1) is 19.4. The molecule has 0 atom stereocenters. The topological polar surface area (TPSA) is 94.5 Å². The summed E-state index contributed by atoms with van der Waals surface area (Å²) in [5.41, 5.74) is 1.63. The van der Waals surface area contributed by atoms with Crippen molar-refractivity contribution in [2.24, 2.45) is 0 Å². The lowest BCUT2D eigenvalue weighted by Crippen LogP contribution is -2.31. The van der Waals surface area contributed by atoms with E-state index in [9.17, 15) is 14.0 Å². The van der Waals surface area contributed by atoms with Crippen LogP contribution in [0.5, 0.6) is 11.5 Å². The normalized spacial score (nSPS) is 11.9. The van der Waals surface area contributed by atoms with Crippen molar-refractivity contribution in [2.75, 3.05) is 18.7 Å². The predicted octanol–water partition coefficient (Wildman–Crippen LogP) is 2.99. The van der Waals surface area contributed by atoms with Crippen LogP contribution < -0.4 is 25.7 Å². The van der Waals surface area contributed by atoms with E-state index in [4.69, 9.17) is 9.47 Å². The molecule has 30 heavy (non-hydrogen) atoms. The molecule has 8 nitrogen and oxygen atoms in total. The minimum atomic E-state index is -0.366. The smallest absolute Gasteiger partial charge is 0.319 e. The Morgan fingerprint density at radius 2 is 1.87 bits per heavy atom. The third-order valence-electron chi connectivity index (χ3n) is 4.47. The van der Waals surface area contributed by atoms with Gasteiger partial charge in [-0.25, -0.2) is 13.9 Å². The van der Waals surface area contributed by atoms with Gasteiger partial charge in [0.15, 0.2) is 11.5 Å². The Hall–Kier alpha value is -3.88. The Labute approximate surface area is 171 Å². The largest absolute Gasteiger partial charge is 0.454 e. The van der Waals surface area contributed by atoms with Gasteiger partial charge in [-0.15, -0.1) is 0 Å². The molecule has 3 aromatic rings. The lowest BCUT2D eigenvalue weighted by Gasteiger charge is -2.09. The Morgan fingerprint density at radius 1 is 1.07 bits per heavy atom. The summed E-state index contributed by atoms with van der Waals surface area (Å²) < 4.78 is 24.9. The number of nitrogens with one attached hydrogen (secondary N) is 2. The maximum absolute atomic E-state index is 13.1. The Kier molecular flexibility index (Phi) is 5.60. The van der Waals surface area contributed by atoms with Crippen molar-refractivity contribution >= 4 is 11.7 Å². The number of fused-ring (bicyclic) bond motifs is 1. The second-order valence-electron chi connectivity index (χ2n) is 6.59. The van der Waals surface area contributed by atoms with Crippen LogP contribution >= 0.6 is 0 Å². The number of halogens is 1. The molecule has 0 unspecified atom stereocenters. The highest BCUT2D eigenvalue weighted by molar-refractivity contribution is 5.89. The van der Waals surface area contributed by atoms with Gasteiger partial charge in [0.2, 0.25) is 6.79 Å². The quantitative estimate of drug-likeness (QED) is 0.610. The molecule has 4 rings (SSSR count). The number of carbonyl (C=O) groups is 1. The summed E-state index contributed by atoms with van der Waals surface area (Å²) >= 11 is 0. The van der Waals surface area contributed by atoms with Crippen molar-refractivity contribution in [1.29, 1.82) is 0 Å². The zero-order chi connectivity index (χ0) is 20.9. The monoisotopic (exact) mass is 410 g/mol. The Balaban J connectivity index is 1.29. The molecule has 1 aromatic heterocycles. The third-order valence-corrected chi connectivity index (χ3v) is 4.47. The first-order valence-electron chi connectivity index (χ1n) is 9.37. The zero-order valence-corrected chi connectivity index (χ0v) is 15.9. The average Bonchev–Trinajstić information content (AvgIpc) is 3.21. The van der Waals surface area contributed by atoms with E-state index in [1.165, 1.54) is 22.9 Å². The van der Waals surface area contributed by atoms with Crippen LogP contribution in [0.25, 0.3) is 11.3 Å². The molecule has 2 aromatic carbocycles. The van der Waals surface area contributed by atoms with Crippen LogP contribution in [0.1, 0.15) is 6.42 Å². The van der Waals surface area contributed by atoms with E-state index in [2.05, 4.69) is 15.7 Å². The number of carbonyl (C=O) groups excluding carboxylic acids is 1. The highest BCUT2D eigenvalue weighted by atomic mass is 19.1. The average molecular weight is 410 g/mol. The minimum Gasteiger partial charge on any atom is -0.454 e. The van der Waals surface area contributed by atoms with E-state index in [0.29, 0.717) is 48.0 Å². The fourth-order valence-corrected chi connectivity index (χ4v) is 2.96. The van der Waals surface area contributed by atoms with Gasteiger partial charge in [-0.05, 0) is 48.9 Å². The summed E-state index contributed by atoms with van der Waals surface area (Å²) in [5.74, 6) is 0.887. The zero-order valence-electron chi connectivity index (χ0n) is 15.9. The summed E-state index contributed by atoms with van der Waals surface area (Å²) in [7, 11) is 0. The van der Waals surface area contributed by atoms with Crippen LogP contribution in [0.3, 0.4) is 0 Å². The van der Waals surface area contributed by atoms with Crippen LogP contribution in [0.4, 0.5) is 14.9 Å². The van der Waals surface area contributed by atoms with Crippen molar-refractivity contribution in [2.45, 2.75) is 13.0 Å². The highest BCUT2D eigenvalue weighted by Crippen LogP contribution is 2.34. The summed E-state index contributed by atoms with van der Waals surface area (Å²) in [6, 6.07) is 13.7. The van der Waals surface area contributed by atoms with E-state index in [1.807, 2.05) is 0 Å². The summed E-state index contributed by atoms with van der Waals surface area (Å²) in [4.78, 5) is 24.1. The van der Waals surface area contributed by atoms with Crippen LogP contribution in [-0.2, 0) is 6.54 Å². The van der Waals surface area contributed by atoms with Crippen LogP contribution in [0.15, 0.2) is 59.4 Å². The van der Waals surface area contributed by atoms with Crippen LogP contribution in [0, 0.1) is 5.82 Å². The van der Waals surface area contributed by atoms with Gasteiger partial charge in [-0.2, -0.15) is 5.10 Å². The first-order valence-corrected chi connectivity index (χ1v) is 9.37. The molecule has 0 aliphatic carbocycles. The lowest BCUT2D eigenvalue weighted by molar-refractivity contribution is 0.174. The molecule has 154 valence electrons. The second kappa shape index (κ2) is 8.64. The van der Waals surface area contributed by atoms with E-state index in [0.717, 1.165) is 0 Å². The molecule has 0 spiro atoms. The van der Waals surface area contributed by atoms with Gasteiger partial charge in [0.1, 0.15) is 5.82 Å². The van der Waals surface area contributed by atoms with Gasteiger partial charge < -0.3 is 20.1 Å². The van der Waals surface area contributed by atoms with Gasteiger partial charge in [0, 0.05) is 36.5 Å². The number of hydrogen-bond donors (Lipinski definition) is 2. The van der Waals surface area contributed by atoms with Crippen molar-refractivity contribution in [3.63, 3.8) is 0 Å². The second-order valence-corrected chi connectivity index (χ2v) is 6.59. The van der Waals surface area contributed by atoms with E-state index < -0.39 is 0 Å². The number of nitrogens with zero attached hydrogens (tertiary/aromatic N) is 2. The molecule has 1 aliphatic heterocycles. The molecule has 0 bridgehead atoms. The Bertz CT molecular complexity index is 1110. The number of aromatic nitrogens is 2. The van der Waals surface area contributed by atoms with Crippen LogP contribution in [0.2, 0.25) is 0 Å². The molecule has 0 fully saturated rings. The van der Waals surface area contributed by atoms with Crippen molar-refractivity contribution < 1.29 is 18.7 Å². The summed E-state index contributed by atoms with van der Waals surface area (Å²) in [5, 5.41) is 9.77. The lowest BCUT2D eigenvalue weighted by atomic mass is 10.1. The van der Waals surface area contributed by atoms with Crippen molar-refractivity contribution in [1.82, 2.24) is 15.1 Å². The Morgan fingerprint density at radius 3 is 2.70 bits per heavy atom. The molecule has 2 amide bonds.